The molecule has 0 saturated carbocycles. The molecule has 0 N–H and O–H groups in total. The molecule has 0 saturated heterocycles. The van der Waals surface area contributed by atoms with E-state index < -0.39 is 7.29 Å². The molecule has 0 bridgehead atoms. The van der Waals surface area contributed by atoms with Crippen LogP contribution < -0.4 is 0 Å². The Morgan fingerprint density at radius 2 is 1.82 bits per heavy atom. The molecular formula is C10H20Br2NO3P. The molecule has 0 spiro atoms. The van der Waals surface area contributed by atoms with Gasteiger partial charge in [-0.05, 0) is 13.5 Å². The first-order valence-electron chi connectivity index (χ1n) is 5.48. The van der Waals surface area contributed by atoms with Crippen molar-refractivity contribution in [1.82, 2.24) is 4.67 Å². The minimum Gasteiger partial charge on any atom is -0.469 e. The lowest BCUT2D eigenvalue weighted by molar-refractivity contribution is -0.140. The van der Waals surface area contributed by atoms with Gasteiger partial charge in [0.2, 0.25) is 0 Å². The van der Waals surface area contributed by atoms with Crippen LogP contribution in [0.4, 0.5) is 0 Å². The molecule has 0 fully saturated rings. The van der Waals surface area contributed by atoms with E-state index in [9.17, 15) is 9.36 Å². The second kappa shape index (κ2) is 9.54. The maximum Gasteiger partial charge on any atom is 0.305 e. The predicted octanol–water partition coefficient (Wildman–Crippen LogP) is 2.94. The quantitative estimate of drug-likeness (QED) is 0.344. The number of carbonyl (C=O) groups is 1. The number of carbonyl (C=O) groups excluding carboxylic acids is 1. The van der Waals surface area contributed by atoms with E-state index in [2.05, 4.69) is 36.6 Å². The SMILES string of the molecule is COC(=O)CCCN(C)P(=O)(CCBr)CCBr. The molecule has 0 aliphatic rings. The summed E-state index contributed by atoms with van der Waals surface area (Å²) in [5.41, 5.74) is 0. The molecule has 0 atom stereocenters. The van der Waals surface area contributed by atoms with Crippen LogP contribution in [-0.4, -0.2) is 54.3 Å². The Morgan fingerprint density at radius 1 is 1.29 bits per heavy atom. The molecule has 4 nitrogen and oxygen atoms in total. The van der Waals surface area contributed by atoms with Gasteiger partial charge in [-0.25, -0.2) is 0 Å². The van der Waals surface area contributed by atoms with E-state index in [4.69, 9.17) is 0 Å². The largest absolute Gasteiger partial charge is 0.469 e. The van der Waals surface area contributed by atoms with Gasteiger partial charge < -0.3 is 9.30 Å². The van der Waals surface area contributed by atoms with Gasteiger partial charge in [-0.3, -0.25) is 9.46 Å². The van der Waals surface area contributed by atoms with Crippen LogP contribution in [0, 0.1) is 0 Å². The summed E-state index contributed by atoms with van der Waals surface area (Å²) in [5, 5.41) is 1.47. The minimum absolute atomic E-state index is 0.214. The molecule has 0 aliphatic heterocycles. The highest BCUT2D eigenvalue weighted by Gasteiger charge is 2.25. The van der Waals surface area contributed by atoms with Gasteiger partial charge in [0.05, 0.1) is 7.11 Å². The molecule has 0 aromatic heterocycles. The molecule has 0 aromatic rings. The van der Waals surface area contributed by atoms with Gasteiger partial charge in [-0.2, -0.15) is 0 Å². The maximum atomic E-state index is 12.6. The number of nitrogens with zero attached hydrogens (tertiary/aromatic N) is 1. The van der Waals surface area contributed by atoms with Crippen LogP contribution in [0.25, 0.3) is 0 Å². The Hall–Kier alpha value is 0.620. The third-order valence-corrected chi connectivity index (χ3v) is 7.89. The molecule has 0 amide bonds. The fraction of sp³-hybridized carbons (Fsp3) is 0.900. The van der Waals surface area contributed by atoms with Gasteiger partial charge >= 0.3 is 5.97 Å². The van der Waals surface area contributed by atoms with Crippen molar-refractivity contribution in [3.8, 4) is 0 Å². The fourth-order valence-corrected chi connectivity index (χ4v) is 6.72. The van der Waals surface area contributed by atoms with E-state index in [0.717, 1.165) is 10.7 Å². The van der Waals surface area contributed by atoms with Gasteiger partial charge in [-0.15, -0.1) is 0 Å². The van der Waals surface area contributed by atoms with Gasteiger partial charge in [0.15, 0.2) is 7.29 Å². The van der Waals surface area contributed by atoms with Crippen molar-refractivity contribution in [3.05, 3.63) is 0 Å². The highest BCUT2D eigenvalue weighted by Crippen LogP contribution is 2.48. The number of esters is 1. The third-order valence-electron chi connectivity index (χ3n) is 2.58. The van der Waals surface area contributed by atoms with Crippen LogP contribution >= 0.6 is 39.2 Å². The zero-order valence-corrected chi connectivity index (χ0v) is 14.4. The monoisotopic (exact) mass is 391 g/mol. The lowest BCUT2D eigenvalue weighted by Crippen LogP contribution is -2.22. The summed E-state index contributed by atoms with van der Waals surface area (Å²) in [7, 11) is 0.955. The smallest absolute Gasteiger partial charge is 0.305 e. The highest BCUT2D eigenvalue weighted by molar-refractivity contribution is 9.09. The number of methoxy groups -OCH3 is 1. The lowest BCUT2D eigenvalue weighted by Gasteiger charge is -2.27. The Labute approximate surface area is 120 Å². The van der Waals surface area contributed by atoms with Crippen molar-refractivity contribution in [2.45, 2.75) is 12.8 Å². The number of ether oxygens (including phenoxy) is 1. The first-order valence-corrected chi connectivity index (χ1v) is 9.76. The number of alkyl halides is 2. The van der Waals surface area contributed by atoms with Crippen LogP contribution in [0.2, 0.25) is 0 Å². The van der Waals surface area contributed by atoms with Crippen molar-refractivity contribution in [2.75, 3.05) is 43.7 Å². The first kappa shape index (κ1) is 17.6. The van der Waals surface area contributed by atoms with Crippen LogP contribution in [0.15, 0.2) is 0 Å². The zero-order chi connectivity index (χ0) is 13.3. The summed E-state index contributed by atoms with van der Waals surface area (Å²) in [6.07, 6.45) is 2.38. The molecule has 0 radical (unpaired) electrons. The number of hydrogen-bond donors (Lipinski definition) is 0. The highest BCUT2D eigenvalue weighted by atomic mass is 79.9. The summed E-state index contributed by atoms with van der Waals surface area (Å²) >= 11 is 6.68. The second-order valence-corrected chi connectivity index (χ2v) is 8.59. The average Bonchev–Trinajstić information content (AvgIpc) is 2.29. The standard InChI is InChI=1S/C10H20Br2NO3P/c1-13(7-3-4-10(14)16-2)17(15,8-5-11)9-6-12/h3-9H2,1-2H3. The molecule has 0 aromatic carbocycles. The Kier molecular flexibility index (Phi) is 9.88. The maximum absolute atomic E-state index is 12.6. The summed E-state index contributed by atoms with van der Waals surface area (Å²) in [4.78, 5) is 11.0. The Balaban J connectivity index is 4.19. The van der Waals surface area contributed by atoms with E-state index in [1.165, 1.54) is 7.11 Å². The fourth-order valence-electron chi connectivity index (χ4n) is 1.45. The summed E-state index contributed by atoms with van der Waals surface area (Å²) < 4.78 is 19.1. The molecule has 0 unspecified atom stereocenters. The van der Waals surface area contributed by atoms with Crippen LogP contribution in [0.5, 0.6) is 0 Å². The third kappa shape index (κ3) is 6.94. The minimum atomic E-state index is -2.29. The summed E-state index contributed by atoms with van der Waals surface area (Å²) in [6.45, 7) is 0.659. The van der Waals surface area contributed by atoms with Gasteiger partial charge in [-0.1, -0.05) is 31.9 Å². The lowest BCUT2D eigenvalue weighted by atomic mass is 10.3. The molecule has 17 heavy (non-hydrogen) atoms. The Morgan fingerprint density at radius 3 is 2.24 bits per heavy atom. The van der Waals surface area contributed by atoms with Crippen LogP contribution in [0.1, 0.15) is 12.8 Å². The first-order chi connectivity index (χ1) is 8.00. The van der Waals surface area contributed by atoms with E-state index in [1.807, 2.05) is 11.7 Å². The predicted molar refractivity (Wildman–Crippen MR) is 78.8 cm³/mol. The molecule has 7 heteroatoms. The number of hydrogen-bond acceptors (Lipinski definition) is 3. The topological polar surface area (TPSA) is 46.6 Å². The Bertz CT molecular complexity index is 266. The number of rotatable bonds is 9. The molecular weight excluding hydrogens is 373 g/mol. The van der Waals surface area contributed by atoms with Crippen molar-refractivity contribution in [2.24, 2.45) is 0 Å². The van der Waals surface area contributed by atoms with Crippen LogP contribution in [-0.2, 0) is 14.1 Å². The van der Waals surface area contributed by atoms with E-state index in [1.54, 1.807) is 0 Å². The molecule has 0 heterocycles. The molecule has 102 valence electrons. The average molecular weight is 393 g/mol. The second-order valence-electron chi connectivity index (χ2n) is 3.73. The number of halogens is 2. The van der Waals surface area contributed by atoms with Crippen molar-refractivity contribution < 1.29 is 14.1 Å². The van der Waals surface area contributed by atoms with Gasteiger partial charge in [0.1, 0.15) is 0 Å². The van der Waals surface area contributed by atoms with E-state index in [-0.39, 0.29) is 5.97 Å². The molecule has 0 rings (SSSR count). The van der Waals surface area contributed by atoms with E-state index >= 15 is 0 Å². The summed E-state index contributed by atoms with van der Waals surface area (Å²) in [6, 6.07) is 0. The van der Waals surface area contributed by atoms with E-state index in [0.29, 0.717) is 31.7 Å². The normalized spacial score (nSPS) is 11.8. The van der Waals surface area contributed by atoms with Crippen molar-refractivity contribution in [1.29, 1.82) is 0 Å². The van der Waals surface area contributed by atoms with Gasteiger partial charge in [0, 0.05) is 35.9 Å². The van der Waals surface area contributed by atoms with Crippen LogP contribution in [0.3, 0.4) is 0 Å². The summed E-state index contributed by atoms with van der Waals surface area (Å²) in [5.74, 6) is -0.214. The van der Waals surface area contributed by atoms with Gasteiger partial charge in [0.25, 0.3) is 0 Å². The van der Waals surface area contributed by atoms with Crippen molar-refractivity contribution >= 4 is 45.1 Å². The zero-order valence-electron chi connectivity index (χ0n) is 10.3. The molecule has 0 aliphatic carbocycles. The van der Waals surface area contributed by atoms with Crippen molar-refractivity contribution in [3.63, 3.8) is 0 Å².